The molecular formula is C34H29N7O9. The normalized spacial score (nSPS) is 11.5. The van der Waals surface area contributed by atoms with E-state index >= 15 is 0 Å². The molecule has 2 aromatic heterocycles. The molecule has 0 aliphatic heterocycles. The van der Waals surface area contributed by atoms with E-state index in [-0.39, 0.29) is 16.9 Å². The Balaban J connectivity index is 1.20. The maximum atomic E-state index is 13.5. The number of carbonyl (C=O) groups is 2. The molecule has 6 aromatic rings. The molecule has 0 aliphatic carbocycles. The summed E-state index contributed by atoms with van der Waals surface area (Å²) in [5.41, 5.74) is 4.96. The smallest absolute Gasteiger partial charge is 0.465 e. The van der Waals surface area contributed by atoms with Crippen LogP contribution < -0.4 is 9.47 Å². The molecule has 254 valence electrons. The summed E-state index contributed by atoms with van der Waals surface area (Å²) in [7, 11) is 0. The summed E-state index contributed by atoms with van der Waals surface area (Å²) in [5, 5.41) is 24.0. The van der Waals surface area contributed by atoms with Crippen LogP contribution in [0.3, 0.4) is 0 Å². The average Bonchev–Trinajstić information content (AvgIpc) is 3.77. The van der Waals surface area contributed by atoms with E-state index in [1.807, 2.05) is 55.5 Å². The molecule has 0 spiro atoms. The molecule has 1 unspecified atom stereocenters. The number of esters is 1. The van der Waals surface area contributed by atoms with E-state index in [1.54, 1.807) is 34.9 Å². The summed E-state index contributed by atoms with van der Waals surface area (Å²) in [6, 6.07) is 27.0. The fourth-order valence-corrected chi connectivity index (χ4v) is 5.23. The van der Waals surface area contributed by atoms with Crippen LogP contribution in [-0.4, -0.2) is 60.3 Å². The zero-order valence-electron chi connectivity index (χ0n) is 26.7. The Morgan fingerprint density at radius 2 is 1.70 bits per heavy atom. The summed E-state index contributed by atoms with van der Waals surface area (Å²) < 4.78 is 23.4. The number of nitrogens with zero attached hydrogens (tertiary/aromatic N) is 6. The van der Waals surface area contributed by atoms with Crippen LogP contribution in [0, 0.1) is 10.1 Å². The molecule has 16 nitrogen and oxygen atoms in total. The Morgan fingerprint density at radius 1 is 0.940 bits per heavy atom. The van der Waals surface area contributed by atoms with E-state index in [4.69, 9.17) is 18.9 Å². The van der Waals surface area contributed by atoms with Crippen molar-refractivity contribution in [2.75, 3.05) is 6.61 Å². The Hall–Kier alpha value is -6.84. The van der Waals surface area contributed by atoms with Gasteiger partial charge in [-0.05, 0) is 47.0 Å². The lowest BCUT2D eigenvalue weighted by Gasteiger charge is -2.16. The highest BCUT2D eigenvalue weighted by molar-refractivity contribution is 6.02. The molecule has 0 aliphatic rings. The van der Waals surface area contributed by atoms with Crippen molar-refractivity contribution >= 4 is 23.2 Å². The first-order valence-electron chi connectivity index (χ1n) is 15.3. The highest BCUT2D eigenvalue weighted by Crippen LogP contribution is 2.31. The van der Waals surface area contributed by atoms with Crippen molar-refractivity contribution in [2.45, 2.75) is 33.3 Å². The van der Waals surface area contributed by atoms with Crippen molar-refractivity contribution in [2.24, 2.45) is 0 Å². The van der Waals surface area contributed by atoms with Gasteiger partial charge in [0, 0.05) is 18.1 Å². The van der Waals surface area contributed by atoms with E-state index in [1.165, 1.54) is 19.1 Å². The lowest BCUT2D eigenvalue weighted by molar-refractivity contribution is -0.763. The molecule has 0 amide bonds. The predicted molar refractivity (Wildman–Crippen MR) is 175 cm³/mol. The van der Waals surface area contributed by atoms with E-state index in [9.17, 15) is 19.7 Å². The van der Waals surface area contributed by atoms with Gasteiger partial charge in [-0.25, -0.2) is 9.59 Å². The standard InChI is InChI=1S/C34H29N7O9/c1-3-46-33-35-28-13-8-12-27(32(42)48-21(2)49-34(43)50-29-14-7-4-9-24(29)20-47-41(44)45)30(28)40(33)19-22-15-17-23(18-16-22)25-10-5-6-11-26(25)31-36-38-39-37-31/h4-18,21H,3,19-20H2,1-2H3,(H,36,37,38,39). The van der Waals surface area contributed by atoms with Crippen molar-refractivity contribution in [3.63, 3.8) is 0 Å². The number of ether oxygens (including phenoxy) is 4. The number of hydrogen-bond donors (Lipinski definition) is 1. The first kappa shape index (κ1) is 33.1. The van der Waals surface area contributed by atoms with Gasteiger partial charge in [0.15, 0.2) is 0 Å². The number of nitrogens with one attached hydrogen (secondary N) is 1. The van der Waals surface area contributed by atoms with E-state index < -0.39 is 30.1 Å². The number of aromatic nitrogens is 6. The minimum Gasteiger partial charge on any atom is -0.465 e. The van der Waals surface area contributed by atoms with Crippen LogP contribution in [-0.2, 0) is 27.5 Å². The topological polar surface area (TPSA) is 196 Å². The van der Waals surface area contributed by atoms with Crippen molar-refractivity contribution in [3.8, 4) is 34.3 Å². The SMILES string of the molecule is CCOc1nc2cccc(C(=O)OC(C)OC(=O)Oc3ccccc3CO[N+](=O)[O-])c2n1Cc1ccc(-c2ccccc2-c2nn[nH]n2)cc1. The van der Waals surface area contributed by atoms with Gasteiger partial charge in [0.25, 0.3) is 11.1 Å². The second-order valence-electron chi connectivity index (χ2n) is 10.6. The predicted octanol–water partition coefficient (Wildman–Crippen LogP) is 5.76. The number of carbonyl (C=O) groups excluding carboxylic acids is 2. The third-order valence-corrected chi connectivity index (χ3v) is 7.37. The number of para-hydroxylation sites is 2. The lowest BCUT2D eigenvalue weighted by Crippen LogP contribution is -2.24. The van der Waals surface area contributed by atoms with Crippen molar-refractivity contribution in [1.82, 2.24) is 30.2 Å². The summed E-state index contributed by atoms with van der Waals surface area (Å²) in [6.45, 7) is 3.38. The van der Waals surface area contributed by atoms with E-state index in [0.29, 0.717) is 36.0 Å². The summed E-state index contributed by atoms with van der Waals surface area (Å²) in [4.78, 5) is 45.6. The zero-order chi connectivity index (χ0) is 35.0. The molecular weight excluding hydrogens is 650 g/mol. The van der Waals surface area contributed by atoms with Gasteiger partial charge in [0.05, 0.1) is 29.7 Å². The van der Waals surface area contributed by atoms with Crippen molar-refractivity contribution < 1.29 is 38.5 Å². The average molecular weight is 680 g/mol. The number of H-pyrrole nitrogens is 1. The van der Waals surface area contributed by atoms with Crippen LogP contribution in [0.4, 0.5) is 4.79 Å². The Kier molecular flexibility index (Phi) is 9.88. The summed E-state index contributed by atoms with van der Waals surface area (Å²) in [6.07, 6.45) is -2.55. The summed E-state index contributed by atoms with van der Waals surface area (Å²) in [5.74, 6) is -0.315. The number of hydrogen-bond acceptors (Lipinski definition) is 13. The van der Waals surface area contributed by atoms with Gasteiger partial charge in [-0.1, -0.05) is 72.8 Å². The van der Waals surface area contributed by atoms with Gasteiger partial charge < -0.3 is 23.8 Å². The number of tetrazole rings is 1. The number of aromatic amines is 1. The zero-order valence-corrected chi connectivity index (χ0v) is 26.7. The van der Waals surface area contributed by atoms with Crippen LogP contribution in [0.5, 0.6) is 11.8 Å². The Morgan fingerprint density at radius 3 is 2.44 bits per heavy atom. The van der Waals surface area contributed by atoms with Gasteiger partial charge in [0.1, 0.15) is 12.4 Å². The number of fused-ring (bicyclic) bond motifs is 1. The van der Waals surface area contributed by atoms with Crippen LogP contribution in [0.1, 0.15) is 35.3 Å². The van der Waals surface area contributed by atoms with E-state index in [2.05, 4.69) is 30.4 Å². The van der Waals surface area contributed by atoms with Crippen molar-refractivity contribution in [3.05, 3.63) is 118 Å². The van der Waals surface area contributed by atoms with Crippen LogP contribution >= 0.6 is 0 Å². The molecule has 6 rings (SSSR count). The number of benzene rings is 4. The molecule has 0 bridgehead atoms. The maximum Gasteiger partial charge on any atom is 0.516 e. The third kappa shape index (κ3) is 7.49. The molecule has 0 saturated carbocycles. The Labute approximate surface area is 283 Å². The van der Waals surface area contributed by atoms with Gasteiger partial charge in [-0.15, -0.1) is 20.3 Å². The van der Waals surface area contributed by atoms with Gasteiger partial charge in [0.2, 0.25) is 12.1 Å². The monoisotopic (exact) mass is 679 g/mol. The third-order valence-electron chi connectivity index (χ3n) is 7.37. The van der Waals surface area contributed by atoms with Crippen LogP contribution in [0.2, 0.25) is 0 Å². The van der Waals surface area contributed by atoms with Gasteiger partial charge >= 0.3 is 12.1 Å². The molecule has 0 fully saturated rings. The fraction of sp³-hybridized carbons (Fsp3) is 0.176. The van der Waals surface area contributed by atoms with Gasteiger partial charge in [-0.2, -0.15) is 10.2 Å². The second kappa shape index (κ2) is 14.9. The highest BCUT2D eigenvalue weighted by atomic mass is 16.9. The molecule has 2 heterocycles. The maximum absolute atomic E-state index is 13.5. The molecule has 1 atom stereocenters. The minimum absolute atomic E-state index is 0.0146. The van der Waals surface area contributed by atoms with Crippen molar-refractivity contribution in [1.29, 1.82) is 0 Å². The largest absolute Gasteiger partial charge is 0.516 e. The van der Waals surface area contributed by atoms with E-state index in [0.717, 1.165) is 22.3 Å². The van der Waals surface area contributed by atoms with Crippen LogP contribution in [0.15, 0.2) is 91.0 Å². The molecule has 0 saturated heterocycles. The summed E-state index contributed by atoms with van der Waals surface area (Å²) >= 11 is 0. The Bertz CT molecular complexity index is 2130. The second-order valence-corrected chi connectivity index (χ2v) is 10.6. The molecule has 1 N–H and O–H groups in total. The molecule has 0 radical (unpaired) electrons. The number of imidazole rings is 1. The minimum atomic E-state index is -1.36. The quantitative estimate of drug-likeness (QED) is 0.0509. The number of rotatable bonds is 13. The first-order chi connectivity index (χ1) is 24.3. The fourth-order valence-electron chi connectivity index (χ4n) is 5.23. The van der Waals surface area contributed by atoms with Crippen LogP contribution in [0.25, 0.3) is 33.5 Å². The lowest BCUT2D eigenvalue weighted by atomic mass is 9.98. The highest BCUT2D eigenvalue weighted by Gasteiger charge is 2.24. The van der Waals surface area contributed by atoms with Gasteiger partial charge in [-0.3, -0.25) is 4.57 Å². The first-order valence-corrected chi connectivity index (χ1v) is 15.3. The molecule has 4 aromatic carbocycles. The molecule has 16 heteroatoms. The molecule has 50 heavy (non-hydrogen) atoms.